The van der Waals surface area contributed by atoms with E-state index in [1.165, 1.54) is 16.7 Å². The van der Waals surface area contributed by atoms with Crippen LogP contribution in [0, 0.1) is 20.8 Å². The van der Waals surface area contributed by atoms with Crippen molar-refractivity contribution >= 4 is 5.69 Å². The predicted molar refractivity (Wildman–Crippen MR) is 92.0 cm³/mol. The second kappa shape index (κ2) is 5.76. The van der Waals surface area contributed by atoms with Crippen LogP contribution in [0.5, 0.6) is 5.75 Å². The Morgan fingerprint density at radius 1 is 1.04 bits per heavy atom. The largest absolute Gasteiger partial charge is 0.494 e. The smallest absolute Gasteiger partial charge is 0.144 e. The number of anilines is 1. The zero-order valence-electron chi connectivity index (χ0n) is 13.8. The molecule has 0 radical (unpaired) electrons. The van der Waals surface area contributed by atoms with Gasteiger partial charge in [-0.3, -0.25) is 0 Å². The molecule has 5 heteroatoms. The number of aryl methyl sites for hydroxylation is 3. The average Bonchev–Trinajstić information content (AvgIpc) is 2.95. The summed E-state index contributed by atoms with van der Waals surface area (Å²) >= 11 is 0. The third kappa shape index (κ3) is 2.77. The van der Waals surface area contributed by atoms with Crippen LogP contribution >= 0.6 is 0 Å². The summed E-state index contributed by atoms with van der Waals surface area (Å²) in [6.07, 6.45) is 1.90. The molecular formula is C18H20N4O. The number of rotatable bonds is 3. The van der Waals surface area contributed by atoms with Crippen LogP contribution < -0.4 is 10.5 Å². The minimum absolute atomic E-state index is 0.653. The third-order valence-electron chi connectivity index (χ3n) is 3.88. The molecule has 0 aliphatic rings. The summed E-state index contributed by atoms with van der Waals surface area (Å²) in [7, 11) is 1.63. The Bertz CT molecular complexity index is 844. The van der Waals surface area contributed by atoms with Gasteiger partial charge in [-0.2, -0.15) is 0 Å². The van der Waals surface area contributed by atoms with Gasteiger partial charge in [-0.1, -0.05) is 22.9 Å². The molecule has 23 heavy (non-hydrogen) atoms. The normalized spacial score (nSPS) is 10.8. The lowest BCUT2D eigenvalue weighted by molar-refractivity contribution is 0.411. The first-order chi connectivity index (χ1) is 11.0. The van der Waals surface area contributed by atoms with Crippen molar-refractivity contribution in [3.8, 4) is 22.7 Å². The van der Waals surface area contributed by atoms with E-state index in [2.05, 4.69) is 43.2 Å². The van der Waals surface area contributed by atoms with Crippen molar-refractivity contribution in [3.63, 3.8) is 0 Å². The number of hydrogen-bond acceptors (Lipinski definition) is 4. The summed E-state index contributed by atoms with van der Waals surface area (Å²) in [5.74, 6) is 0.702. The summed E-state index contributed by atoms with van der Waals surface area (Å²) in [5.41, 5.74) is 12.9. The van der Waals surface area contributed by atoms with Gasteiger partial charge in [0.05, 0.1) is 13.3 Å². The maximum absolute atomic E-state index is 5.89. The SMILES string of the molecule is COc1ccc(N)cc1-n1cc(-c2c(C)cc(C)cc2C)nn1. The van der Waals surface area contributed by atoms with Crippen molar-refractivity contribution in [1.82, 2.24) is 15.0 Å². The van der Waals surface area contributed by atoms with Gasteiger partial charge in [0.1, 0.15) is 17.1 Å². The molecule has 2 N–H and O–H groups in total. The number of aromatic nitrogens is 3. The Labute approximate surface area is 135 Å². The van der Waals surface area contributed by atoms with E-state index in [0.29, 0.717) is 11.4 Å². The maximum Gasteiger partial charge on any atom is 0.144 e. The molecule has 0 fully saturated rings. The topological polar surface area (TPSA) is 66.0 Å². The van der Waals surface area contributed by atoms with E-state index < -0.39 is 0 Å². The lowest BCUT2D eigenvalue weighted by atomic mass is 9.98. The number of nitrogen functional groups attached to an aromatic ring is 1. The first-order valence-corrected chi connectivity index (χ1v) is 7.44. The Morgan fingerprint density at radius 2 is 1.74 bits per heavy atom. The molecule has 0 amide bonds. The molecule has 5 nitrogen and oxygen atoms in total. The van der Waals surface area contributed by atoms with Crippen LogP contribution in [-0.2, 0) is 0 Å². The molecule has 0 aliphatic heterocycles. The summed E-state index contributed by atoms with van der Waals surface area (Å²) in [4.78, 5) is 0. The van der Waals surface area contributed by atoms with E-state index in [-0.39, 0.29) is 0 Å². The fraction of sp³-hybridized carbons (Fsp3) is 0.222. The van der Waals surface area contributed by atoms with Crippen molar-refractivity contribution in [2.45, 2.75) is 20.8 Å². The van der Waals surface area contributed by atoms with Crippen LogP contribution in [0.1, 0.15) is 16.7 Å². The highest BCUT2D eigenvalue weighted by Crippen LogP contribution is 2.29. The highest BCUT2D eigenvalue weighted by molar-refractivity contribution is 5.68. The van der Waals surface area contributed by atoms with Gasteiger partial charge in [-0.25, -0.2) is 4.68 Å². The second-order valence-corrected chi connectivity index (χ2v) is 5.75. The molecule has 3 rings (SSSR count). The molecule has 0 spiro atoms. The van der Waals surface area contributed by atoms with Crippen LogP contribution in [0.3, 0.4) is 0 Å². The summed E-state index contributed by atoms with van der Waals surface area (Å²) in [5, 5.41) is 8.58. The second-order valence-electron chi connectivity index (χ2n) is 5.75. The first-order valence-electron chi connectivity index (χ1n) is 7.44. The van der Waals surface area contributed by atoms with Crippen LogP contribution in [0.25, 0.3) is 16.9 Å². The average molecular weight is 308 g/mol. The Morgan fingerprint density at radius 3 is 2.39 bits per heavy atom. The van der Waals surface area contributed by atoms with Crippen LogP contribution in [0.4, 0.5) is 5.69 Å². The minimum atomic E-state index is 0.653. The lowest BCUT2D eigenvalue weighted by Crippen LogP contribution is -2.00. The van der Waals surface area contributed by atoms with Crippen molar-refractivity contribution in [1.29, 1.82) is 0 Å². The molecule has 2 aromatic carbocycles. The molecule has 0 bridgehead atoms. The number of hydrogen-bond donors (Lipinski definition) is 1. The number of benzene rings is 2. The fourth-order valence-electron chi connectivity index (χ4n) is 2.97. The molecule has 3 aromatic rings. The highest BCUT2D eigenvalue weighted by Gasteiger charge is 2.13. The Kier molecular flexibility index (Phi) is 3.78. The summed E-state index contributed by atoms with van der Waals surface area (Å²) < 4.78 is 7.09. The van der Waals surface area contributed by atoms with Gasteiger partial charge in [0.2, 0.25) is 0 Å². The molecule has 0 saturated carbocycles. The summed E-state index contributed by atoms with van der Waals surface area (Å²) in [6.45, 7) is 6.28. The molecular weight excluding hydrogens is 288 g/mol. The Hall–Kier alpha value is -2.82. The molecule has 0 atom stereocenters. The van der Waals surface area contributed by atoms with Crippen LogP contribution in [-0.4, -0.2) is 22.1 Å². The standard InChI is InChI=1S/C18H20N4O/c1-11-7-12(2)18(13(3)8-11)15-10-22(21-20-15)16-9-14(19)5-6-17(16)23-4/h5-10H,19H2,1-4H3. The van der Waals surface area contributed by atoms with E-state index in [1.54, 1.807) is 17.9 Å². The van der Waals surface area contributed by atoms with Gasteiger partial charge < -0.3 is 10.5 Å². The van der Waals surface area contributed by atoms with Gasteiger partial charge in [-0.15, -0.1) is 5.10 Å². The first kappa shape index (κ1) is 15.1. The van der Waals surface area contributed by atoms with Crippen molar-refractivity contribution in [2.75, 3.05) is 12.8 Å². The zero-order valence-corrected chi connectivity index (χ0v) is 13.8. The third-order valence-corrected chi connectivity index (χ3v) is 3.88. The number of nitrogens with two attached hydrogens (primary N) is 1. The van der Waals surface area contributed by atoms with Crippen molar-refractivity contribution in [2.24, 2.45) is 0 Å². The summed E-state index contributed by atoms with van der Waals surface area (Å²) in [6, 6.07) is 9.76. The monoisotopic (exact) mass is 308 g/mol. The van der Waals surface area contributed by atoms with Gasteiger partial charge in [0.25, 0.3) is 0 Å². The van der Waals surface area contributed by atoms with Gasteiger partial charge in [0.15, 0.2) is 0 Å². The van der Waals surface area contributed by atoms with E-state index in [1.807, 2.05) is 18.3 Å². The molecule has 0 aliphatic carbocycles. The molecule has 1 heterocycles. The molecule has 0 unspecified atom stereocenters. The van der Waals surface area contributed by atoms with E-state index in [9.17, 15) is 0 Å². The highest BCUT2D eigenvalue weighted by atomic mass is 16.5. The Balaban J connectivity index is 2.10. The molecule has 118 valence electrons. The minimum Gasteiger partial charge on any atom is -0.494 e. The fourth-order valence-corrected chi connectivity index (χ4v) is 2.97. The van der Waals surface area contributed by atoms with E-state index in [0.717, 1.165) is 16.9 Å². The van der Waals surface area contributed by atoms with Crippen molar-refractivity contribution in [3.05, 3.63) is 53.2 Å². The zero-order chi connectivity index (χ0) is 16.6. The van der Waals surface area contributed by atoms with Gasteiger partial charge >= 0.3 is 0 Å². The van der Waals surface area contributed by atoms with E-state index >= 15 is 0 Å². The molecule has 0 saturated heterocycles. The van der Waals surface area contributed by atoms with Gasteiger partial charge in [-0.05, 0) is 50.1 Å². The van der Waals surface area contributed by atoms with Crippen LogP contribution in [0.15, 0.2) is 36.5 Å². The quantitative estimate of drug-likeness (QED) is 0.753. The predicted octanol–water partition coefficient (Wildman–Crippen LogP) is 3.45. The lowest BCUT2D eigenvalue weighted by Gasteiger charge is -2.09. The molecule has 1 aromatic heterocycles. The van der Waals surface area contributed by atoms with Crippen LogP contribution in [0.2, 0.25) is 0 Å². The van der Waals surface area contributed by atoms with Crippen molar-refractivity contribution < 1.29 is 4.74 Å². The van der Waals surface area contributed by atoms with E-state index in [4.69, 9.17) is 10.5 Å². The number of methoxy groups -OCH3 is 1. The maximum atomic E-state index is 5.89. The number of ether oxygens (including phenoxy) is 1. The number of nitrogens with zero attached hydrogens (tertiary/aromatic N) is 3. The van der Waals surface area contributed by atoms with Gasteiger partial charge in [0, 0.05) is 11.3 Å².